The van der Waals surface area contributed by atoms with Crippen molar-refractivity contribution in [1.29, 1.82) is 0 Å². The summed E-state index contributed by atoms with van der Waals surface area (Å²) in [6.45, 7) is 0.830. The molecule has 2 rings (SSSR count). The van der Waals surface area contributed by atoms with Gasteiger partial charge in [0.15, 0.2) is 0 Å². The van der Waals surface area contributed by atoms with Gasteiger partial charge in [-0.2, -0.15) is 11.8 Å². The first-order valence-electron chi connectivity index (χ1n) is 4.40. The molecule has 2 nitrogen and oxygen atoms in total. The zero-order valence-electron chi connectivity index (χ0n) is 7.40. The third-order valence-corrected chi connectivity index (χ3v) is 3.47. The second kappa shape index (κ2) is 3.92. The van der Waals surface area contributed by atoms with Crippen molar-refractivity contribution in [3.63, 3.8) is 0 Å². The average molecular weight is 195 g/mol. The molecule has 0 atom stereocenters. The zero-order chi connectivity index (χ0) is 9.10. The molecule has 70 valence electrons. The Kier molecular flexibility index (Phi) is 2.64. The molecule has 2 N–H and O–H groups in total. The highest BCUT2D eigenvalue weighted by atomic mass is 32.2. The van der Waals surface area contributed by atoms with Gasteiger partial charge in [0.25, 0.3) is 0 Å². The van der Waals surface area contributed by atoms with E-state index in [4.69, 9.17) is 10.5 Å². The van der Waals surface area contributed by atoms with Gasteiger partial charge in [-0.3, -0.25) is 0 Å². The van der Waals surface area contributed by atoms with Crippen molar-refractivity contribution in [1.82, 2.24) is 0 Å². The number of hydrogen-bond donors (Lipinski definition) is 1. The summed E-state index contributed by atoms with van der Waals surface area (Å²) in [6, 6.07) is 7.60. The molecule has 0 aromatic heterocycles. The fourth-order valence-corrected chi connectivity index (χ4v) is 1.96. The molecule has 1 saturated heterocycles. The Bertz CT molecular complexity index is 286. The maximum atomic E-state index is 5.63. The molecule has 1 aliphatic heterocycles. The summed E-state index contributed by atoms with van der Waals surface area (Å²) >= 11 is 1.98. The van der Waals surface area contributed by atoms with Gasteiger partial charge in [-0.25, -0.2) is 0 Å². The van der Waals surface area contributed by atoms with Crippen LogP contribution >= 0.6 is 11.8 Å². The Hall–Kier alpha value is -0.830. The fourth-order valence-electron chi connectivity index (χ4n) is 1.20. The molecule has 0 bridgehead atoms. The minimum Gasteiger partial charge on any atom is -0.493 e. The van der Waals surface area contributed by atoms with E-state index in [0.717, 1.165) is 24.0 Å². The Morgan fingerprint density at radius 2 is 2.31 bits per heavy atom. The van der Waals surface area contributed by atoms with Crippen LogP contribution in [0.4, 0.5) is 5.69 Å². The number of thioether (sulfide) groups is 1. The Morgan fingerprint density at radius 1 is 1.46 bits per heavy atom. The van der Waals surface area contributed by atoms with Crippen molar-refractivity contribution in [2.45, 2.75) is 0 Å². The van der Waals surface area contributed by atoms with Crippen LogP contribution in [0.2, 0.25) is 0 Å². The number of nitrogen functional groups attached to an aromatic ring is 1. The summed E-state index contributed by atoms with van der Waals surface area (Å²) in [5.41, 5.74) is 6.39. The first-order valence-corrected chi connectivity index (χ1v) is 5.56. The predicted molar refractivity (Wildman–Crippen MR) is 57.2 cm³/mol. The lowest BCUT2D eigenvalue weighted by molar-refractivity contribution is 0.270. The van der Waals surface area contributed by atoms with Crippen LogP contribution in [0, 0.1) is 5.92 Å². The second-order valence-electron chi connectivity index (χ2n) is 3.29. The normalized spacial score (nSPS) is 16.6. The summed E-state index contributed by atoms with van der Waals surface area (Å²) in [6.07, 6.45) is 0. The third kappa shape index (κ3) is 2.31. The number of anilines is 1. The molecule has 0 spiro atoms. The molecule has 1 aliphatic rings. The highest BCUT2D eigenvalue weighted by Gasteiger charge is 2.18. The van der Waals surface area contributed by atoms with Crippen molar-refractivity contribution in [2.75, 3.05) is 23.8 Å². The van der Waals surface area contributed by atoms with Crippen LogP contribution in [-0.2, 0) is 0 Å². The Labute approximate surface area is 82.5 Å². The van der Waals surface area contributed by atoms with Crippen LogP contribution in [-0.4, -0.2) is 18.1 Å². The molecule has 13 heavy (non-hydrogen) atoms. The van der Waals surface area contributed by atoms with Gasteiger partial charge in [0.2, 0.25) is 0 Å². The van der Waals surface area contributed by atoms with Crippen molar-refractivity contribution in [3.05, 3.63) is 24.3 Å². The minimum absolute atomic E-state index is 0.742. The molecule has 0 radical (unpaired) electrons. The molecule has 0 aliphatic carbocycles. The lowest BCUT2D eigenvalue weighted by Gasteiger charge is -2.24. The molecule has 0 amide bonds. The Morgan fingerprint density at radius 3 is 2.92 bits per heavy atom. The van der Waals surface area contributed by atoms with Crippen molar-refractivity contribution >= 4 is 17.4 Å². The van der Waals surface area contributed by atoms with Crippen LogP contribution in [0.25, 0.3) is 0 Å². The van der Waals surface area contributed by atoms with Gasteiger partial charge in [-0.15, -0.1) is 0 Å². The van der Waals surface area contributed by atoms with Gasteiger partial charge < -0.3 is 10.5 Å². The van der Waals surface area contributed by atoms with Gasteiger partial charge in [0, 0.05) is 29.2 Å². The molecule has 1 aromatic carbocycles. The maximum absolute atomic E-state index is 5.63. The SMILES string of the molecule is Nc1cccc(OCC2CSC2)c1. The lowest BCUT2D eigenvalue weighted by atomic mass is 10.2. The third-order valence-electron chi connectivity index (χ3n) is 2.05. The summed E-state index contributed by atoms with van der Waals surface area (Å²) < 4.78 is 5.60. The molecule has 0 unspecified atom stereocenters. The summed E-state index contributed by atoms with van der Waals surface area (Å²) in [5, 5.41) is 0. The molecular weight excluding hydrogens is 182 g/mol. The number of benzene rings is 1. The first-order chi connectivity index (χ1) is 6.34. The largest absolute Gasteiger partial charge is 0.493 e. The van der Waals surface area contributed by atoms with E-state index in [1.807, 2.05) is 36.0 Å². The van der Waals surface area contributed by atoms with E-state index in [9.17, 15) is 0 Å². The average Bonchev–Trinajstić information content (AvgIpc) is 2.01. The highest BCUT2D eigenvalue weighted by molar-refractivity contribution is 8.00. The van der Waals surface area contributed by atoms with Gasteiger partial charge in [0.1, 0.15) is 5.75 Å². The summed E-state index contributed by atoms with van der Waals surface area (Å²) in [5.74, 6) is 4.10. The smallest absolute Gasteiger partial charge is 0.121 e. The van der Waals surface area contributed by atoms with Crippen molar-refractivity contribution in [3.8, 4) is 5.75 Å². The number of rotatable bonds is 3. The van der Waals surface area contributed by atoms with Gasteiger partial charge in [-0.1, -0.05) is 6.07 Å². The summed E-state index contributed by atoms with van der Waals surface area (Å²) in [4.78, 5) is 0. The van der Waals surface area contributed by atoms with Gasteiger partial charge in [-0.05, 0) is 12.1 Å². The van der Waals surface area contributed by atoms with E-state index in [-0.39, 0.29) is 0 Å². The molecule has 3 heteroatoms. The van der Waals surface area contributed by atoms with E-state index in [0.29, 0.717) is 0 Å². The predicted octanol–water partition coefficient (Wildman–Crippen LogP) is 2.01. The number of ether oxygens (including phenoxy) is 1. The van der Waals surface area contributed by atoms with E-state index >= 15 is 0 Å². The van der Waals surface area contributed by atoms with Crippen LogP contribution in [0.5, 0.6) is 5.75 Å². The minimum atomic E-state index is 0.742. The van der Waals surface area contributed by atoms with E-state index in [1.54, 1.807) is 0 Å². The lowest BCUT2D eigenvalue weighted by Crippen LogP contribution is -2.25. The fraction of sp³-hybridized carbons (Fsp3) is 0.400. The quantitative estimate of drug-likeness (QED) is 0.749. The number of nitrogens with two attached hydrogens (primary N) is 1. The highest BCUT2D eigenvalue weighted by Crippen LogP contribution is 2.25. The van der Waals surface area contributed by atoms with Crippen molar-refractivity contribution < 1.29 is 4.74 Å². The summed E-state index contributed by atoms with van der Waals surface area (Å²) in [7, 11) is 0. The van der Waals surface area contributed by atoms with E-state index in [2.05, 4.69) is 0 Å². The molecule has 1 heterocycles. The second-order valence-corrected chi connectivity index (χ2v) is 4.36. The van der Waals surface area contributed by atoms with Crippen LogP contribution < -0.4 is 10.5 Å². The monoisotopic (exact) mass is 195 g/mol. The van der Waals surface area contributed by atoms with Gasteiger partial charge in [0.05, 0.1) is 6.61 Å². The molecular formula is C10H13NOS. The molecule has 1 aromatic rings. The van der Waals surface area contributed by atoms with E-state index in [1.165, 1.54) is 11.5 Å². The van der Waals surface area contributed by atoms with Crippen LogP contribution in [0.15, 0.2) is 24.3 Å². The molecule has 0 saturated carbocycles. The maximum Gasteiger partial charge on any atom is 0.121 e. The zero-order valence-corrected chi connectivity index (χ0v) is 8.22. The van der Waals surface area contributed by atoms with Crippen molar-refractivity contribution in [2.24, 2.45) is 5.92 Å². The standard InChI is InChI=1S/C10H13NOS/c11-9-2-1-3-10(4-9)12-5-8-6-13-7-8/h1-4,8H,5-7,11H2. The molecule has 1 fully saturated rings. The van der Waals surface area contributed by atoms with Crippen LogP contribution in [0.3, 0.4) is 0 Å². The number of hydrogen-bond acceptors (Lipinski definition) is 3. The Balaban J connectivity index is 1.86. The van der Waals surface area contributed by atoms with Gasteiger partial charge >= 0.3 is 0 Å². The van der Waals surface area contributed by atoms with Crippen LogP contribution in [0.1, 0.15) is 0 Å². The first kappa shape index (κ1) is 8.75. The van der Waals surface area contributed by atoms with E-state index < -0.39 is 0 Å². The topological polar surface area (TPSA) is 35.2 Å².